The zero-order chi connectivity index (χ0) is 28.7. The van der Waals surface area contributed by atoms with Crippen LogP contribution in [0.1, 0.15) is 114 Å². The number of terminal acetylenes is 2. The molecule has 0 unspecified atom stereocenters. The molecule has 0 heterocycles. The van der Waals surface area contributed by atoms with Gasteiger partial charge in [-0.05, 0) is 85.4 Å². The van der Waals surface area contributed by atoms with Crippen molar-refractivity contribution in [3.8, 4) is 24.7 Å². The molecule has 38 heavy (non-hydrogen) atoms. The predicted molar refractivity (Wildman–Crippen MR) is 168 cm³/mol. The van der Waals surface area contributed by atoms with Crippen molar-refractivity contribution in [1.29, 1.82) is 0 Å². The van der Waals surface area contributed by atoms with E-state index in [1.807, 2.05) is 0 Å². The van der Waals surface area contributed by atoms with Crippen LogP contribution in [0.3, 0.4) is 0 Å². The van der Waals surface area contributed by atoms with Crippen molar-refractivity contribution in [2.75, 3.05) is 0 Å². The molecule has 0 nitrogen and oxygen atoms in total. The fourth-order valence-corrected chi connectivity index (χ4v) is 4.41. The van der Waals surface area contributed by atoms with Crippen LogP contribution in [-0.4, -0.2) is 0 Å². The Morgan fingerprint density at radius 2 is 1.00 bits per heavy atom. The molecule has 0 atom stereocenters. The smallest absolute Gasteiger partial charge is 0.0504 e. The summed E-state index contributed by atoms with van der Waals surface area (Å²) in [4.78, 5) is 0. The summed E-state index contributed by atoms with van der Waals surface area (Å²) >= 11 is 0. The third-order valence-corrected chi connectivity index (χ3v) is 7.95. The predicted octanol–water partition coefficient (Wildman–Crippen LogP) is 9.77. The Kier molecular flexibility index (Phi) is 10.2. The first kappa shape index (κ1) is 31.0. The van der Waals surface area contributed by atoms with E-state index in [9.17, 15) is 0 Å². The molecule has 0 saturated carbocycles. The van der Waals surface area contributed by atoms with Gasteiger partial charge < -0.3 is 0 Å². The van der Waals surface area contributed by atoms with Crippen LogP contribution >= 0.6 is 0 Å². The SMILES string of the molecule is C#CC(C)(C)c1ccc(C(C)(C)c2cc(CC)cc(C(C)C)c2)cc1.C#CC(C)(C)c1ccc(CC)cc1. The number of aryl methyl sites for hydroxylation is 2. The molecule has 200 valence electrons. The summed E-state index contributed by atoms with van der Waals surface area (Å²) in [5, 5.41) is 0. The minimum absolute atomic E-state index is 0.0341. The highest BCUT2D eigenvalue weighted by molar-refractivity contribution is 5.44. The van der Waals surface area contributed by atoms with Gasteiger partial charge in [0.2, 0.25) is 0 Å². The summed E-state index contributed by atoms with van der Waals surface area (Å²) in [6.07, 6.45) is 13.3. The Balaban J connectivity index is 0.000000328. The summed E-state index contributed by atoms with van der Waals surface area (Å²) < 4.78 is 0. The quantitative estimate of drug-likeness (QED) is 0.281. The Morgan fingerprint density at radius 1 is 0.579 bits per heavy atom. The molecule has 0 aromatic heterocycles. The van der Waals surface area contributed by atoms with Gasteiger partial charge in [0.05, 0.1) is 10.8 Å². The summed E-state index contributed by atoms with van der Waals surface area (Å²) in [5.74, 6) is 6.22. The number of rotatable bonds is 7. The van der Waals surface area contributed by atoms with Crippen LogP contribution in [-0.2, 0) is 29.1 Å². The fraction of sp³-hybridized carbons (Fsp3) is 0.421. The standard InChI is InChI=1S/C25H32.C13H16/c1-9-19-15-20(18(3)4)17-23(16-19)25(7,8)22-13-11-21(12-14-22)24(5,6)10-2;1-5-11-7-9-12(10-8-11)13(3,4)6-2/h2,11-18H,9H2,1,3-8H3;2,7-10H,5H2,1,3-4H3. The van der Waals surface area contributed by atoms with Crippen molar-refractivity contribution < 1.29 is 0 Å². The maximum atomic E-state index is 5.68. The second-order valence-electron chi connectivity index (χ2n) is 12.3. The van der Waals surface area contributed by atoms with Gasteiger partial charge >= 0.3 is 0 Å². The maximum absolute atomic E-state index is 5.68. The molecule has 0 aliphatic carbocycles. The highest BCUT2D eigenvalue weighted by Gasteiger charge is 2.25. The van der Waals surface area contributed by atoms with Gasteiger partial charge in [-0.3, -0.25) is 0 Å². The van der Waals surface area contributed by atoms with Crippen LogP contribution in [0.15, 0.2) is 66.7 Å². The molecule has 0 radical (unpaired) electrons. The normalized spacial score (nSPS) is 11.8. The van der Waals surface area contributed by atoms with Crippen molar-refractivity contribution in [1.82, 2.24) is 0 Å². The van der Waals surface area contributed by atoms with Crippen LogP contribution in [0.4, 0.5) is 0 Å². The minimum atomic E-state index is -0.227. The lowest BCUT2D eigenvalue weighted by molar-refractivity contribution is 0.633. The van der Waals surface area contributed by atoms with Crippen molar-refractivity contribution in [3.63, 3.8) is 0 Å². The highest BCUT2D eigenvalue weighted by Crippen LogP contribution is 2.35. The van der Waals surface area contributed by atoms with Crippen molar-refractivity contribution in [2.24, 2.45) is 0 Å². The van der Waals surface area contributed by atoms with E-state index in [1.54, 1.807) is 0 Å². The Bertz CT molecular complexity index is 1260. The van der Waals surface area contributed by atoms with Gasteiger partial charge in [0.1, 0.15) is 0 Å². The molecule has 0 fully saturated rings. The van der Waals surface area contributed by atoms with E-state index in [-0.39, 0.29) is 16.2 Å². The van der Waals surface area contributed by atoms with E-state index in [2.05, 4.69) is 148 Å². The second kappa shape index (κ2) is 12.5. The Hall–Kier alpha value is -3.22. The van der Waals surface area contributed by atoms with E-state index in [1.165, 1.54) is 38.9 Å². The zero-order valence-corrected chi connectivity index (χ0v) is 25.5. The van der Waals surface area contributed by atoms with Crippen LogP contribution in [0.5, 0.6) is 0 Å². The lowest BCUT2D eigenvalue weighted by atomic mass is 9.75. The lowest BCUT2D eigenvalue weighted by Gasteiger charge is -2.29. The minimum Gasteiger partial charge on any atom is -0.119 e. The molecular formula is C38H48. The van der Waals surface area contributed by atoms with Crippen molar-refractivity contribution >= 4 is 0 Å². The average molecular weight is 505 g/mol. The third kappa shape index (κ3) is 7.42. The summed E-state index contributed by atoms with van der Waals surface area (Å²) in [6.45, 7) is 21.8. The van der Waals surface area contributed by atoms with Crippen LogP contribution < -0.4 is 0 Å². The molecular weight excluding hydrogens is 456 g/mol. The van der Waals surface area contributed by atoms with E-state index in [0.29, 0.717) is 5.92 Å². The number of hydrogen-bond acceptors (Lipinski definition) is 0. The average Bonchev–Trinajstić information content (AvgIpc) is 2.93. The van der Waals surface area contributed by atoms with Gasteiger partial charge in [-0.1, -0.05) is 120 Å². The molecule has 0 spiro atoms. The van der Waals surface area contributed by atoms with Crippen LogP contribution in [0, 0.1) is 24.7 Å². The lowest BCUT2D eigenvalue weighted by Crippen LogP contribution is -2.21. The first-order chi connectivity index (χ1) is 17.7. The molecule has 3 rings (SSSR count). The zero-order valence-electron chi connectivity index (χ0n) is 25.5. The Morgan fingerprint density at radius 3 is 1.39 bits per heavy atom. The molecule has 0 aliphatic heterocycles. The Labute approximate surface area is 234 Å². The first-order valence-corrected chi connectivity index (χ1v) is 14.0. The summed E-state index contributed by atoms with van der Waals surface area (Å²) in [5.41, 5.74) is 8.91. The molecule has 0 heteroatoms. The largest absolute Gasteiger partial charge is 0.119 e. The van der Waals surface area contributed by atoms with Crippen molar-refractivity contribution in [2.45, 2.75) is 104 Å². The van der Waals surface area contributed by atoms with Gasteiger partial charge in [-0.25, -0.2) is 0 Å². The van der Waals surface area contributed by atoms with Gasteiger partial charge in [-0.2, -0.15) is 0 Å². The van der Waals surface area contributed by atoms with Crippen LogP contribution in [0.25, 0.3) is 0 Å². The molecule has 0 N–H and O–H groups in total. The van der Waals surface area contributed by atoms with E-state index >= 15 is 0 Å². The number of hydrogen-bond donors (Lipinski definition) is 0. The van der Waals surface area contributed by atoms with Gasteiger partial charge in [0.15, 0.2) is 0 Å². The molecule has 0 saturated heterocycles. The summed E-state index contributed by atoms with van der Waals surface area (Å²) in [7, 11) is 0. The second-order valence-corrected chi connectivity index (χ2v) is 12.3. The molecule has 0 amide bonds. The van der Waals surface area contributed by atoms with Gasteiger partial charge in [-0.15, -0.1) is 12.8 Å². The summed E-state index contributed by atoms with van der Waals surface area (Å²) in [6, 6.07) is 24.5. The fourth-order valence-electron chi connectivity index (χ4n) is 4.41. The third-order valence-electron chi connectivity index (χ3n) is 7.95. The molecule has 0 bridgehead atoms. The van der Waals surface area contributed by atoms with Gasteiger partial charge in [0, 0.05) is 5.41 Å². The van der Waals surface area contributed by atoms with Gasteiger partial charge in [0.25, 0.3) is 0 Å². The van der Waals surface area contributed by atoms with E-state index in [0.717, 1.165) is 12.8 Å². The maximum Gasteiger partial charge on any atom is 0.0504 e. The molecule has 3 aromatic rings. The first-order valence-electron chi connectivity index (χ1n) is 14.0. The monoisotopic (exact) mass is 504 g/mol. The topological polar surface area (TPSA) is 0 Å². The number of benzene rings is 3. The van der Waals surface area contributed by atoms with Crippen molar-refractivity contribution in [3.05, 3.63) is 106 Å². The highest BCUT2D eigenvalue weighted by atomic mass is 14.3. The van der Waals surface area contributed by atoms with E-state index < -0.39 is 0 Å². The van der Waals surface area contributed by atoms with E-state index in [4.69, 9.17) is 12.8 Å². The molecule has 3 aromatic carbocycles. The molecule has 0 aliphatic rings. The van der Waals surface area contributed by atoms with Crippen LogP contribution in [0.2, 0.25) is 0 Å².